The van der Waals surface area contributed by atoms with Crippen LogP contribution in [-0.4, -0.2) is 43.3 Å². The van der Waals surface area contributed by atoms with Crippen molar-refractivity contribution in [2.24, 2.45) is 11.8 Å². The monoisotopic (exact) mass is 250 g/mol. The fraction of sp³-hybridized carbons (Fsp3) is 1.00. The van der Waals surface area contributed by atoms with E-state index in [0.29, 0.717) is 24.8 Å². The first kappa shape index (κ1) is 13.1. The molecule has 3 unspecified atom stereocenters. The molecule has 2 aliphatic rings. The van der Waals surface area contributed by atoms with Crippen molar-refractivity contribution in [3.63, 3.8) is 0 Å². The van der Waals surface area contributed by atoms with Crippen LogP contribution in [0.3, 0.4) is 0 Å². The average molecular weight is 250 g/mol. The zero-order valence-corrected chi connectivity index (χ0v) is 10.3. The Morgan fingerprint density at radius 2 is 2.00 bits per heavy atom. The molecule has 5 heteroatoms. The molecule has 100 valence electrons. The predicted octanol–water partition coefficient (Wildman–Crippen LogP) is 2.26. The molecule has 2 heterocycles. The van der Waals surface area contributed by atoms with Crippen LogP contribution in [-0.2, 0) is 0 Å². The quantitative estimate of drug-likeness (QED) is 0.768. The van der Waals surface area contributed by atoms with E-state index in [1.165, 1.54) is 0 Å². The molecule has 0 saturated carbocycles. The zero-order chi connectivity index (χ0) is 12.5. The third-order valence-corrected chi connectivity index (χ3v) is 4.12. The minimum absolute atomic E-state index is 0.207. The van der Waals surface area contributed by atoms with E-state index >= 15 is 0 Å². The van der Waals surface area contributed by atoms with Gasteiger partial charge in [0.05, 0.1) is 5.92 Å². The maximum absolute atomic E-state index is 12.7. The van der Waals surface area contributed by atoms with Gasteiger partial charge in [0.2, 0.25) is 0 Å². The van der Waals surface area contributed by atoms with Gasteiger partial charge in [0.1, 0.15) is 0 Å². The van der Waals surface area contributed by atoms with Crippen LogP contribution in [0.2, 0.25) is 0 Å². The van der Waals surface area contributed by atoms with Gasteiger partial charge in [-0.3, -0.25) is 4.90 Å². The van der Waals surface area contributed by atoms with Crippen molar-refractivity contribution in [3.8, 4) is 0 Å². The summed E-state index contributed by atoms with van der Waals surface area (Å²) in [6.45, 7) is 5.04. The second-order valence-electron chi connectivity index (χ2n) is 5.41. The molecule has 2 aliphatic heterocycles. The Labute approximate surface area is 101 Å². The minimum Gasteiger partial charge on any atom is -0.316 e. The van der Waals surface area contributed by atoms with Crippen LogP contribution in [0.4, 0.5) is 13.2 Å². The van der Waals surface area contributed by atoms with Crippen molar-refractivity contribution < 1.29 is 13.2 Å². The van der Waals surface area contributed by atoms with Crippen LogP contribution in [0.5, 0.6) is 0 Å². The van der Waals surface area contributed by atoms with Gasteiger partial charge < -0.3 is 5.32 Å². The number of rotatable bonds is 1. The van der Waals surface area contributed by atoms with Gasteiger partial charge in [0, 0.05) is 12.6 Å². The van der Waals surface area contributed by atoms with Crippen molar-refractivity contribution >= 4 is 0 Å². The maximum atomic E-state index is 12.7. The molecule has 0 aromatic rings. The second kappa shape index (κ2) is 5.14. The first-order valence-electron chi connectivity index (χ1n) is 6.50. The lowest BCUT2D eigenvalue weighted by molar-refractivity contribution is -0.189. The highest BCUT2D eigenvalue weighted by atomic mass is 19.4. The highest BCUT2D eigenvalue weighted by Crippen LogP contribution is 2.35. The molecule has 2 fully saturated rings. The number of nitrogens with one attached hydrogen (secondary N) is 1. The largest absolute Gasteiger partial charge is 0.393 e. The van der Waals surface area contributed by atoms with Gasteiger partial charge in [-0.15, -0.1) is 0 Å². The molecule has 0 aromatic carbocycles. The lowest BCUT2D eigenvalue weighted by Crippen LogP contribution is -2.53. The number of nitrogens with zero attached hydrogens (tertiary/aromatic N) is 1. The molecule has 2 saturated heterocycles. The predicted molar refractivity (Wildman–Crippen MR) is 60.8 cm³/mol. The normalized spacial score (nSPS) is 37.1. The van der Waals surface area contributed by atoms with Gasteiger partial charge in [0.25, 0.3) is 0 Å². The van der Waals surface area contributed by atoms with E-state index in [2.05, 4.69) is 17.1 Å². The number of hydrogen-bond donors (Lipinski definition) is 1. The average Bonchev–Trinajstić information content (AvgIpc) is 2.29. The van der Waals surface area contributed by atoms with Gasteiger partial charge >= 0.3 is 6.18 Å². The molecule has 0 aromatic heterocycles. The van der Waals surface area contributed by atoms with Crippen molar-refractivity contribution in [3.05, 3.63) is 0 Å². The SMILES string of the molecule is CC1CNCCC1N1CCCC(C(F)(F)F)C1. The number of halogens is 3. The van der Waals surface area contributed by atoms with E-state index in [0.717, 1.165) is 26.1 Å². The summed E-state index contributed by atoms with van der Waals surface area (Å²) in [4.78, 5) is 2.08. The maximum Gasteiger partial charge on any atom is 0.393 e. The summed E-state index contributed by atoms with van der Waals surface area (Å²) in [5.74, 6) is -0.658. The van der Waals surface area contributed by atoms with Crippen molar-refractivity contribution in [2.75, 3.05) is 26.2 Å². The Morgan fingerprint density at radius 1 is 1.24 bits per heavy atom. The van der Waals surface area contributed by atoms with E-state index in [4.69, 9.17) is 0 Å². The van der Waals surface area contributed by atoms with Gasteiger partial charge in [-0.05, 0) is 44.8 Å². The van der Waals surface area contributed by atoms with Crippen LogP contribution in [0, 0.1) is 11.8 Å². The lowest BCUT2D eigenvalue weighted by Gasteiger charge is -2.43. The minimum atomic E-state index is -4.02. The summed E-state index contributed by atoms with van der Waals surface area (Å²) in [6, 6.07) is 0.335. The van der Waals surface area contributed by atoms with Gasteiger partial charge in [-0.1, -0.05) is 6.92 Å². The zero-order valence-electron chi connectivity index (χ0n) is 10.3. The number of alkyl halides is 3. The summed E-state index contributed by atoms with van der Waals surface area (Å²) in [5.41, 5.74) is 0. The third kappa shape index (κ3) is 3.13. The molecular formula is C12H21F3N2. The topological polar surface area (TPSA) is 15.3 Å². The molecule has 2 rings (SSSR count). The molecule has 1 N–H and O–H groups in total. The molecule has 0 bridgehead atoms. The molecule has 0 radical (unpaired) electrons. The summed E-state index contributed by atoms with van der Waals surface area (Å²) < 4.78 is 38.2. The van der Waals surface area contributed by atoms with Crippen LogP contribution >= 0.6 is 0 Å². The Balaban J connectivity index is 1.96. The van der Waals surface area contributed by atoms with Crippen molar-refractivity contribution in [1.82, 2.24) is 10.2 Å². The molecular weight excluding hydrogens is 229 g/mol. The second-order valence-corrected chi connectivity index (χ2v) is 5.41. The Morgan fingerprint density at radius 3 is 2.65 bits per heavy atom. The molecule has 2 nitrogen and oxygen atoms in total. The lowest BCUT2D eigenvalue weighted by atomic mass is 9.89. The number of piperidine rings is 2. The number of hydrogen-bond acceptors (Lipinski definition) is 2. The Kier molecular flexibility index (Phi) is 3.98. The molecule has 0 amide bonds. The van der Waals surface area contributed by atoms with Crippen LogP contribution < -0.4 is 5.32 Å². The number of likely N-dealkylation sites (tertiary alicyclic amines) is 1. The van der Waals surface area contributed by atoms with Gasteiger partial charge in [-0.2, -0.15) is 13.2 Å². The van der Waals surface area contributed by atoms with Crippen LogP contribution in [0.25, 0.3) is 0 Å². The summed E-state index contributed by atoms with van der Waals surface area (Å²) in [7, 11) is 0. The van der Waals surface area contributed by atoms with Gasteiger partial charge in [0.15, 0.2) is 0 Å². The molecule has 0 spiro atoms. The Hall–Kier alpha value is -0.290. The highest BCUT2D eigenvalue weighted by molar-refractivity contribution is 4.87. The van der Waals surface area contributed by atoms with Crippen LogP contribution in [0.15, 0.2) is 0 Å². The fourth-order valence-corrected chi connectivity index (χ4v) is 3.12. The Bertz CT molecular complexity index is 255. The first-order valence-corrected chi connectivity index (χ1v) is 6.50. The smallest absolute Gasteiger partial charge is 0.316 e. The molecule has 3 atom stereocenters. The van der Waals surface area contributed by atoms with E-state index in [1.54, 1.807) is 0 Å². The molecule has 17 heavy (non-hydrogen) atoms. The van der Waals surface area contributed by atoms with E-state index in [-0.39, 0.29) is 6.54 Å². The van der Waals surface area contributed by atoms with Crippen LogP contribution in [0.1, 0.15) is 26.2 Å². The standard InChI is InChI=1S/C12H21F3N2/c1-9-7-16-5-4-11(9)17-6-2-3-10(8-17)12(13,14)15/h9-11,16H,2-8H2,1H3. The first-order chi connectivity index (χ1) is 7.98. The van der Waals surface area contributed by atoms with E-state index < -0.39 is 12.1 Å². The summed E-state index contributed by atoms with van der Waals surface area (Å²) >= 11 is 0. The van der Waals surface area contributed by atoms with Crippen molar-refractivity contribution in [1.29, 1.82) is 0 Å². The summed E-state index contributed by atoms with van der Waals surface area (Å²) in [5, 5.41) is 3.30. The third-order valence-electron chi connectivity index (χ3n) is 4.12. The molecule has 0 aliphatic carbocycles. The fourth-order valence-electron chi connectivity index (χ4n) is 3.12. The van der Waals surface area contributed by atoms with Gasteiger partial charge in [-0.25, -0.2) is 0 Å². The van der Waals surface area contributed by atoms with E-state index in [1.807, 2.05) is 0 Å². The summed E-state index contributed by atoms with van der Waals surface area (Å²) in [6.07, 6.45) is -2.05. The van der Waals surface area contributed by atoms with E-state index in [9.17, 15) is 13.2 Å². The van der Waals surface area contributed by atoms with Crippen molar-refractivity contribution in [2.45, 2.75) is 38.4 Å². The highest BCUT2D eigenvalue weighted by Gasteiger charge is 2.43.